The molecule has 0 radical (unpaired) electrons. The maximum Gasteiger partial charge on any atom is 0.326 e. The number of rotatable bonds is 32. The van der Waals surface area contributed by atoms with E-state index in [-0.39, 0.29) is 63.6 Å². The van der Waals surface area contributed by atoms with Crippen LogP contribution in [0.15, 0.2) is 35.3 Å². The van der Waals surface area contributed by atoms with Gasteiger partial charge in [0.05, 0.1) is 18.7 Å². The van der Waals surface area contributed by atoms with Crippen LogP contribution in [0.4, 0.5) is 0 Å². The smallest absolute Gasteiger partial charge is 0.326 e. The van der Waals surface area contributed by atoms with Crippen molar-refractivity contribution < 1.29 is 53.4 Å². The van der Waals surface area contributed by atoms with Gasteiger partial charge in [0.15, 0.2) is 5.96 Å². The molecule has 0 aliphatic carbocycles. The Labute approximate surface area is 419 Å². The van der Waals surface area contributed by atoms with Crippen LogP contribution < -0.4 is 60.2 Å². The number of thioether (sulfide) groups is 1. The van der Waals surface area contributed by atoms with Crippen molar-refractivity contribution in [2.45, 2.75) is 146 Å². The van der Waals surface area contributed by atoms with Gasteiger partial charge < -0.3 is 75.3 Å². The second-order valence-electron chi connectivity index (χ2n) is 17.9. The highest BCUT2D eigenvalue weighted by molar-refractivity contribution is 7.98. The largest absolute Gasteiger partial charge is 0.480 e. The number of aliphatic hydroxyl groups excluding tert-OH is 1. The monoisotopic (exact) mass is 1020 g/mol. The van der Waals surface area contributed by atoms with E-state index in [2.05, 4.69) is 42.2 Å². The standard InChI is InChI=1S/C46H77N13O11S/c1-26(2)23-34(45(69)70)57-38(62)27(3)53-36(61)25-52-39(63)31(16-9-10-19-47)54-41(65)33(24-29-13-7-6-8-14-29)56-43(67)37(28(4)60)58-40(64)32(18-22-71-5)55-42(66)35-17-12-21-59(35)44(68)30(48)15-11-20-51-46(49)50/h6-8,13-14,26-28,30-35,37,60H,9-12,15-25,47-48H2,1-5H3,(H,52,63)(H,53,61)(H,54,65)(H,55,66)(H,56,67)(H,57,62)(H,58,64)(H,69,70)(H4,49,50,51)/t27-,28+,30-,31-,32-,33-,34-,35-,37-/m0/s1. The van der Waals surface area contributed by atoms with Gasteiger partial charge in [0.2, 0.25) is 47.3 Å². The third-order valence-corrected chi connectivity index (χ3v) is 12.1. The first kappa shape index (κ1) is 61.1. The van der Waals surface area contributed by atoms with Crippen molar-refractivity contribution in [2.24, 2.45) is 33.8 Å². The molecule has 0 aromatic heterocycles. The van der Waals surface area contributed by atoms with Gasteiger partial charge in [0.1, 0.15) is 42.3 Å². The van der Waals surface area contributed by atoms with Crippen LogP contribution in [0.25, 0.3) is 0 Å². The van der Waals surface area contributed by atoms with Gasteiger partial charge in [0, 0.05) is 19.5 Å². The molecule has 17 N–H and O–H groups in total. The number of aliphatic carboxylic acids is 1. The number of carbonyl (C=O) groups excluding carboxylic acids is 8. The first-order valence-corrected chi connectivity index (χ1v) is 25.3. The van der Waals surface area contributed by atoms with Crippen molar-refractivity contribution in [3.63, 3.8) is 0 Å². The lowest BCUT2D eigenvalue weighted by molar-refractivity contribution is -0.142. The van der Waals surface area contributed by atoms with Gasteiger partial charge in [-0.3, -0.25) is 43.3 Å². The Balaban J connectivity index is 2.25. The normalized spacial score (nSPS) is 16.6. The molecule has 0 unspecified atom stereocenters. The Hall–Kier alpha value is -6.05. The minimum Gasteiger partial charge on any atom is -0.480 e. The van der Waals surface area contributed by atoms with E-state index in [1.807, 2.05) is 0 Å². The summed E-state index contributed by atoms with van der Waals surface area (Å²) in [5.41, 5.74) is 23.2. The molecule has 9 atom stereocenters. The van der Waals surface area contributed by atoms with Gasteiger partial charge >= 0.3 is 5.97 Å². The number of benzene rings is 1. The van der Waals surface area contributed by atoms with E-state index in [0.717, 1.165) is 0 Å². The van der Waals surface area contributed by atoms with Crippen LogP contribution >= 0.6 is 11.8 Å². The molecule has 1 aromatic carbocycles. The highest BCUT2D eigenvalue weighted by Crippen LogP contribution is 2.20. The van der Waals surface area contributed by atoms with E-state index < -0.39 is 114 Å². The zero-order valence-corrected chi connectivity index (χ0v) is 42.3. The summed E-state index contributed by atoms with van der Waals surface area (Å²) in [6.45, 7) is 6.42. The summed E-state index contributed by atoms with van der Waals surface area (Å²) in [6.07, 6.45) is 2.94. The van der Waals surface area contributed by atoms with E-state index in [1.165, 1.54) is 30.5 Å². The molecule has 71 heavy (non-hydrogen) atoms. The number of hydrogen-bond donors (Lipinski definition) is 13. The van der Waals surface area contributed by atoms with Crippen LogP contribution in [0.2, 0.25) is 0 Å². The van der Waals surface area contributed by atoms with Gasteiger partial charge in [-0.25, -0.2) is 4.79 Å². The molecule has 0 saturated carbocycles. The Morgan fingerprint density at radius 3 is 2.01 bits per heavy atom. The zero-order valence-electron chi connectivity index (χ0n) is 41.4. The third-order valence-electron chi connectivity index (χ3n) is 11.4. The molecule has 1 aliphatic rings. The number of likely N-dealkylation sites (tertiary alicyclic amines) is 1. The van der Waals surface area contributed by atoms with Gasteiger partial charge in [-0.2, -0.15) is 11.8 Å². The lowest BCUT2D eigenvalue weighted by atomic mass is 10.0. The Kier molecular flexibility index (Phi) is 27.5. The predicted molar refractivity (Wildman–Crippen MR) is 268 cm³/mol. The SMILES string of the molecule is CSCC[C@H](NC(=O)[C@@H]1CCCN1C(=O)[C@@H](N)CCCN=C(N)N)C(=O)N[C@H](C(=O)N[C@@H](Cc1ccccc1)C(=O)N[C@@H](CCCCN)C(=O)NCC(=O)N[C@@H](C)C(=O)N[C@@H](CC(C)C)C(=O)O)[C@@H](C)O. The van der Waals surface area contributed by atoms with Gasteiger partial charge in [-0.1, -0.05) is 44.2 Å². The van der Waals surface area contributed by atoms with Gasteiger partial charge in [-0.15, -0.1) is 0 Å². The molecular weight excluding hydrogens is 943 g/mol. The van der Waals surface area contributed by atoms with E-state index >= 15 is 0 Å². The number of hydrogen-bond acceptors (Lipinski definition) is 14. The summed E-state index contributed by atoms with van der Waals surface area (Å²) in [4.78, 5) is 125. The molecule has 1 saturated heterocycles. The summed E-state index contributed by atoms with van der Waals surface area (Å²) >= 11 is 1.40. The van der Waals surface area contributed by atoms with E-state index in [0.29, 0.717) is 43.4 Å². The molecule has 0 spiro atoms. The molecule has 398 valence electrons. The first-order valence-electron chi connectivity index (χ1n) is 23.9. The number of aliphatic hydroxyl groups is 1. The minimum absolute atomic E-state index is 0.0354. The van der Waals surface area contributed by atoms with Crippen LogP contribution in [0, 0.1) is 5.92 Å². The highest BCUT2D eigenvalue weighted by atomic mass is 32.2. The molecule has 1 fully saturated rings. The number of unbranched alkanes of at least 4 members (excludes halogenated alkanes) is 1. The number of guanidine groups is 1. The van der Waals surface area contributed by atoms with Crippen molar-refractivity contribution >= 4 is 70.9 Å². The Morgan fingerprint density at radius 1 is 0.775 bits per heavy atom. The van der Waals surface area contributed by atoms with Crippen LogP contribution in [0.5, 0.6) is 0 Å². The third kappa shape index (κ3) is 22.3. The quantitative estimate of drug-likeness (QED) is 0.0195. The van der Waals surface area contributed by atoms with Crippen molar-refractivity contribution in [1.29, 1.82) is 0 Å². The molecule has 1 heterocycles. The number of nitrogens with one attached hydrogen (secondary N) is 7. The molecule has 24 nitrogen and oxygen atoms in total. The molecule has 8 amide bonds. The summed E-state index contributed by atoms with van der Waals surface area (Å²) in [5, 5.41) is 38.1. The van der Waals surface area contributed by atoms with E-state index in [9.17, 15) is 53.4 Å². The predicted octanol–water partition coefficient (Wildman–Crippen LogP) is -2.96. The Bertz CT molecular complexity index is 1960. The average Bonchev–Trinajstić information content (AvgIpc) is 3.81. The number of aliphatic imine (C=N–C) groups is 1. The fourth-order valence-corrected chi connectivity index (χ4v) is 8.05. The van der Waals surface area contributed by atoms with Crippen molar-refractivity contribution in [2.75, 3.05) is 38.2 Å². The van der Waals surface area contributed by atoms with Crippen molar-refractivity contribution in [1.82, 2.24) is 42.1 Å². The topological polar surface area (TPSA) is 398 Å². The van der Waals surface area contributed by atoms with Crippen molar-refractivity contribution in [3.8, 4) is 0 Å². The van der Waals surface area contributed by atoms with Crippen LogP contribution in [-0.4, -0.2) is 167 Å². The van der Waals surface area contributed by atoms with E-state index in [1.54, 1.807) is 50.4 Å². The van der Waals surface area contributed by atoms with Crippen LogP contribution in [0.1, 0.15) is 91.0 Å². The fourth-order valence-electron chi connectivity index (χ4n) is 7.58. The summed E-state index contributed by atoms with van der Waals surface area (Å²) < 4.78 is 0. The number of nitrogens with two attached hydrogens (primary N) is 4. The molecule has 25 heteroatoms. The second kappa shape index (κ2) is 32.0. The highest BCUT2D eigenvalue weighted by Gasteiger charge is 2.39. The van der Waals surface area contributed by atoms with Crippen LogP contribution in [0.3, 0.4) is 0 Å². The van der Waals surface area contributed by atoms with Crippen LogP contribution in [-0.2, 0) is 49.6 Å². The zero-order chi connectivity index (χ0) is 53.2. The van der Waals surface area contributed by atoms with Gasteiger partial charge in [0.25, 0.3) is 0 Å². The molecule has 2 rings (SSSR count). The minimum atomic E-state index is -1.64. The van der Waals surface area contributed by atoms with Crippen molar-refractivity contribution in [3.05, 3.63) is 35.9 Å². The summed E-state index contributed by atoms with van der Waals surface area (Å²) in [5.74, 6) is -6.85. The average molecular weight is 1020 g/mol. The molecule has 0 bridgehead atoms. The molecule has 1 aliphatic heterocycles. The number of carbonyl (C=O) groups is 9. The molecular formula is C46H77N13O11S. The number of nitrogens with zero attached hydrogens (tertiary/aromatic N) is 2. The number of carboxylic acids is 1. The first-order chi connectivity index (χ1) is 33.6. The number of carboxylic acid groups (broad SMARTS) is 1. The summed E-state index contributed by atoms with van der Waals surface area (Å²) in [6, 6.07) is -1.02. The second-order valence-corrected chi connectivity index (χ2v) is 18.9. The molecule has 1 aromatic rings. The van der Waals surface area contributed by atoms with Gasteiger partial charge in [-0.05, 0) is 102 Å². The van der Waals surface area contributed by atoms with E-state index in [4.69, 9.17) is 22.9 Å². The summed E-state index contributed by atoms with van der Waals surface area (Å²) in [7, 11) is 0. The lowest BCUT2D eigenvalue weighted by Crippen LogP contribution is -2.61. The Morgan fingerprint density at radius 2 is 1.41 bits per heavy atom. The fraction of sp³-hybridized carbons (Fsp3) is 0.652. The maximum atomic E-state index is 14.1. The number of amides is 8. The maximum absolute atomic E-state index is 14.1. The lowest BCUT2D eigenvalue weighted by Gasteiger charge is -2.30.